The van der Waals surface area contributed by atoms with Gasteiger partial charge in [0.15, 0.2) is 11.6 Å². The third kappa shape index (κ3) is 2.14. The first-order chi connectivity index (χ1) is 8.67. The summed E-state index contributed by atoms with van der Waals surface area (Å²) in [6.07, 6.45) is 0. The second-order valence-corrected chi connectivity index (χ2v) is 3.59. The lowest BCUT2D eigenvalue weighted by molar-refractivity contribution is 0.387. The largest absolute Gasteiger partial charge is 0.495 e. The summed E-state index contributed by atoms with van der Waals surface area (Å²) in [4.78, 5) is 0. The van der Waals surface area contributed by atoms with Gasteiger partial charge in [0.25, 0.3) is 0 Å². The van der Waals surface area contributed by atoms with E-state index in [0.29, 0.717) is 16.9 Å². The summed E-state index contributed by atoms with van der Waals surface area (Å²) in [6, 6.07) is 9.50. The van der Waals surface area contributed by atoms with E-state index in [1.54, 1.807) is 6.07 Å². The van der Waals surface area contributed by atoms with Gasteiger partial charge in [-0.05, 0) is 18.2 Å². The fourth-order valence-corrected chi connectivity index (χ4v) is 1.75. The third-order valence-electron chi connectivity index (χ3n) is 2.53. The lowest BCUT2D eigenvalue weighted by Crippen LogP contribution is -1.95. The zero-order valence-electron chi connectivity index (χ0n) is 9.96. The number of hydrogen-bond donors (Lipinski definition) is 0. The number of methoxy groups -OCH3 is 2. The first kappa shape index (κ1) is 12.4. The van der Waals surface area contributed by atoms with Gasteiger partial charge in [-0.2, -0.15) is 0 Å². The van der Waals surface area contributed by atoms with E-state index in [1.165, 1.54) is 32.4 Å². The summed E-state index contributed by atoms with van der Waals surface area (Å²) >= 11 is 0. The third-order valence-corrected chi connectivity index (χ3v) is 2.53. The molecule has 2 rings (SSSR count). The number of ether oxygens (including phenoxy) is 2. The van der Waals surface area contributed by atoms with Gasteiger partial charge in [0.05, 0.1) is 14.2 Å². The highest BCUT2D eigenvalue weighted by Gasteiger charge is 2.15. The Labute approximate surface area is 104 Å². The smallest absolute Gasteiger partial charge is 0.165 e. The Morgan fingerprint density at radius 2 is 1.83 bits per heavy atom. The highest BCUT2D eigenvalue weighted by atomic mass is 19.1. The summed E-state index contributed by atoms with van der Waals surface area (Å²) in [6.45, 7) is 0. The van der Waals surface area contributed by atoms with E-state index in [-0.39, 0.29) is 5.75 Å². The first-order valence-corrected chi connectivity index (χ1v) is 5.25. The molecule has 0 amide bonds. The van der Waals surface area contributed by atoms with Gasteiger partial charge >= 0.3 is 0 Å². The standard InChI is InChI=1S/C14H11F2O2/c1-17-13-7-6-9(15)8-11(13)10-4-3-5-12(16)14(10)18-2/h3-6,8H,1-2H3. The molecule has 0 aliphatic rings. The van der Waals surface area contributed by atoms with E-state index in [9.17, 15) is 8.78 Å². The second-order valence-electron chi connectivity index (χ2n) is 3.59. The number of hydrogen-bond acceptors (Lipinski definition) is 2. The predicted octanol–water partition coefficient (Wildman–Crippen LogP) is 3.45. The highest BCUT2D eigenvalue weighted by molar-refractivity contribution is 5.75. The topological polar surface area (TPSA) is 18.5 Å². The van der Waals surface area contributed by atoms with Crippen LogP contribution >= 0.6 is 0 Å². The van der Waals surface area contributed by atoms with Crippen molar-refractivity contribution in [2.45, 2.75) is 0 Å². The molecule has 0 aliphatic heterocycles. The van der Waals surface area contributed by atoms with Crippen LogP contribution in [0, 0.1) is 17.7 Å². The summed E-state index contributed by atoms with van der Waals surface area (Å²) in [7, 11) is 2.80. The van der Waals surface area contributed by atoms with E-state index in [4.69, 9.17) is 9.47 Å². The zero-order chi connectivity index (χ0) is 13.1. The van der Waals surface area contributed by atoms with Crippen LogP contribution in [0.15, 0.2) is 30.3 Å². The van der Waals surface area contributed by atoms with Gasteiger partial charge in [-0.15, -0.1) is 0 Å². The molecule has 0 heterocycles. The molecule has 0 N–H and O–H groups in total. The van der Waals surface area contributed by atoms with Gasteiger partial charge in [0, 0.05) is 17.2 Å². The van der Waals surface area contributed by atoms with Gasteiger partial charge in [0.1, 0.15) is 11.6 Å². The summed E-state index contributed by atoms with van der Waals surface area (Å²) in [5.41, 5.74) is 0.818. The fourth-order valence-electron chi connectivity index (χ4n) is 1.75. The quantitative estimate of drug-likeness (QED) is 0.829. The average Bonchev–Trinajstić information content (AvgIpc) is 2.38. The molecular formula is C14H11F2O2. The lowest BCUT2D eigenvalue weighted by Gasteiger charge is -2.12. The van der Waals surface area contributed by atoms with Crippen LogP contribution in [-0.2, 0) is 0 Å². The molecule has 2 nitrogen and oxygen atoms in total. The van der Waals surface area contributed by atoms with E-state index in [0.717, 1.165) is 6.07 Å². The van der Waals surface area contributed by atoms with Gasteiger partial charge in [-0.3, -0.25) is 0 Å². The molecule has 93 valence electrons. The highest BCUT2D eigenvalue weighted by Crippen LogP contribution is 2.37. The Kier molecular flexibility index (Phi) is 3.46. The van der Waals surface area contributed by atoms with Crippen molar-refractivity contribution in [1.82, 2.24) is 0 Å². The number of rotatable bonds is 3. The molecule has 0 unspecified atom stereocenters. The Morgan fingerprint density at radius 3 is 2.50 bits per heavy atom. The van der Waals surface area contributed by atoms with E-state index in [1.807, 2.05) is 0 Å². The summed E-state index contributed by atoms with van der Waals surface area (Å²) < 4.78 is 37.0. The van der Waals surface area contributed by atoms with Crippen molar-refractivity contribution < 1.29 is 18.3 Å². The maximum absolute atomic E-state index is 13.6. The normalized spacial score (nSPS) is 10.2. The van der Waals surface area contributed by atoms with Gasteiger partial charge < -0.3 is 9.47 Å². The van der Waals surface area contributed by atoms with Crippen molar-refractivity contribution in [3.05, 3.63) is 48.0 Å². The average molecular weight is 249 g/mol. The Balaban J connectivity index is 2.68. The van der Waals surface area contributed by atoms with Crippen molar-refractivity contribution in [2.75, 3.05) is 14.2 Å². The van der Waals surface area contributed by atoms with Crippen molar-refractivity contribution in [3.63, 3.8) is 0 Å². The minimum Gasteiger partial charge on any atom is -0.495 e. The van der Waals surface area contributed by atoms with Crippen molar-refractivity contribution in [3.8, 4) is 22.6 Å². The van der Waals surface area contributed by atoms with Crippen LogP contribution in [0.2, 0.25) is 0 Å². The monoisotopic (exact) mass is 249 g/mol. The Hall–Kier alpha value is -2.10. The van der Waals surface area contributed by atoms with Crippen LogP contribution in [0.4, 0.5) is 8.78 Å². The predicted molar refractivity (Wildman–Crippen MR) is 63.7 cm³/mol. The number of benzene rings is 2. The van der Waals surface area contributed by atoms with Crippen LogP contribution in [0.3, 0.4) is 0 Å². The molecule has 0 aliphatic carbocycles. The van der Waals surface area contributed by atoms with Crippen LogP contribution < -0.4 is 9.47 Å². The van der Waals surface area contributed by atoms with Crippen molar-refractivity contribution in [1.29, 1.82) is 0 Å². The molecule has 0 bridgehead atoms. The zero-order valence-corrected chi connectivity index (χ0v) is 9.96. The molecule has 2 aromatic rings. The molecule has 0 spiro atoms. The molecule has 4 heteroatoms. The van der Waals surface area contributed by atoms with Crippen molar-refractivity contribution in [2.24, 2.45) is 0 Å². The number of halogens is 2. The van der Waals surface area contributed by atoms with Crippen LogP contribution in [0.25, 0.3) is 11.1 Å². The summed E-state index contributed by atoms with van der Waals surface area (Å²) in [5.74, 6) is -0.603. The Morgan fingerprint density at radius 1 is 1.06 bits per heavy atom. The molecule has 1 radical (unpaired) electrons. The maximum Gasteiger partial charge on any atom is 0.165 e. The minimum atomic E-state index is -0.513. The van der Waals surface area contributed by atoms with Crippen LogP contribution in [0.1, 0.15) is 0 Å². The van der Waals surface area contributed by atoms with E-state index in [2.05, 4.69) is 6.07 Å². The maximum atomic E-state index is 13.6. The first-order valence-electron chi connectivity index (χ1n) is 5.25. The molecule has 0 aromatic heterocycles. The fraction of sp³-hybridized carbons (Fsp3) is 0.143. The molecule has 18 heavy (non-hydrogen) atoms. The van der Waals surface area contributed by atoms with Gasteiger partial charge in [-0.1, -0.05) is 12.1 Å². The SMILES string of the molecule is COc1[c]cc(F)cc1-c1cccc(F)c1OC. The molecular weight excluding hydrogens is 238 g/mol. The van der Waals surface area contributed by atoms with Gasteiger partial charge in [0.2, 0.25) is 0 Å². The van der Waals surface area contributed by atoms with Gasteiger partial charge in [-0.25, -0.2) is 8.78 Å². The molecule has 0 saturated carbocycles. The molecule has 0 atom stereocenters. The van der Waals surface area contributed by atoms with E-state index >= 15 is 0 Å². The molecule has 0 fully saturated rings. The minimum absolute atomic E-state index is 0.0507. The Bertz CT molecular complexity index is 568. The second kappa shape index (κ2) is 5.04. The van der Waals surface area contributed by atoms with Crippen molar-refractivity contribution >= 4 is 0 Å². The van der Waals surface area contributed by atoms with E-state index < -0.39 is 11.6 Å². The van der Waals surface area contributed by atoms with Crippen LogP contribution in [-0.4, -0.2) is 14.2 Å². The summed E-state index contributed by atoms with van der Waals surface area (Å²) in [5, 5.41) is 0. The van der Waals surface area contributed by atoms with Crippen LogP contribution in [0.5, 0.6) is 11.5 Å². The number of para-hydroxylation sites is 1. The molecule has 2 aromatic carbocycles. The molecule has 0 saturated heterocycles. The lowest BCUT2D eigenvalue weighted by atomic mass is 10.0.